The van der Waals surface area contributed by atoms with Crippen molar-refractivity contribution < 1.29 is 4.58 Å². The van der Waals surface area contributed by atoms with Crippen LogP contribution in [0.1, 0.15) is 205 Å². The maximum Gasteiger partial charge on any atom is 0.176 e. The van der Waals surface area contributed by atoms with E-state index in [-0.39, 0.29) is 0 Å². The van der Waals surface area contributed by atoms with Crippen LogP contribution in [0.15, 0.2) is 66.3 Å². The van der Waals surface area contributed by atoms with Crippen molar-refractivity contribution in [1.82, 2.24) is 4.90 Å². The molecule has 0 atom stereocenters. The lowest BCUT2D eigenvalue weighted by Crippen LogP contribution is -2.26. The number of rotatable bonds is 30. The number of anilines is 1. The molecule has 2 aliphatic carbocycles. The molecule has 0 radical (unpaired) electrons. The fourth-order valence-corrected chi connectivity index (χ4v) is 9.59. The van der Waals surface area contributed by atoms with Gasteiger partial charge in [-0.05, 0) is 98.9 Å². The summed E-state index contributed by atoms with van der Waals surface area (Å²) in [7, 11) is 0. The first-order valence-electron chi connectivity index (χ1n) is 24.5. The molecule has 316 valence electrons. The summed E-state index contributed by atoms with van der Waals surface area (Å²) in [6.45, 7) is 25.0. The molecule has 0 bridgehead atoms. The predicted octanol–water partition coefficient (Wildman–Crippen LogP) is 15.2. The molecule has 0 N–H and O–H groups in total. The van der Waals surface area contributed by atoms with Gasteiger partial charge in [-0.3, -0.25) is 0 Å². The van der Waals surface area contributed by atoms with Crippen molar-refractivity contribution in [3.63, 3.8) is 0 Å². The molecule has 0 aromatic heterocycles. The van der Waals surface area contributed by atoms with Crippen LogP contribution in [-0.2, 0) is 6.42 Å². The highest BCUT2D eigenvalue weighted by atomic mass is 15.1. The number of fused-ring (bicyclic) bond motifs is 2. The number of hydrogen-bond donors (Lipinski definition) is 0. The zero-order valence-electron chi connectivity index (χ0n) is 38.2. The van der Waals surface area contributed by atoms with E-state index < -0.39 is 0 Å². The second-order valence-corrected chi connectivity index (χ2v) is 17.2. The fraction of sp³-hybridized carbons (Fsp3) is 0.648. The highest BCUT2D eigenvalue weighted by Gasteiger charge is 2.31. The number of allylic oxidation sites excluding steroid dienone is 3. The quantitative estimate of drug-likeness (QED) is 0.0577. The van der Waals surface area contributed by atoms with Crippen LogP contribution in [-0.4, -0.2) is 54.5 Å². The summed E-state index contributed by atoms with van der Waals surface area (Å²) in [5.41, 5.74) is 14.2. The van der Waals surface area contributed by atoms with Gasteiger partial charge in [0.1, 0.15) is 13.1 Å². The van der Waals surface area contributed by atoms with Gasteiger partial charge in [0.2, 0.25) is 0 Å². The Morgan fingerprint density at radius 1 is 0.596 bits per heavy atom. The van der Waals surface area contributed by atoms with E-state index in [0.29, 0.717) is 0 Å². The van der Waals surface area contributed by atoms with Crippen molar-refractivity contribution in [2.75, 3.05) is 44.2 Å². The van der Waals surface area contributed by atoms with E-state index in [9.17, 15) is 0 Å². The second kappa shape index (κ2) is 26.8. The van der Waals surface area contributed by atoms with Gasteiger partial charge in [0.25, 0.3) is 0 Å². The summed E-state index contributed by atoms with van der Waals surface area (Å²) in [6, 6.07) is 16.6. The highest BCUT2D eigenvalue weighted by molar-refractivity contribution is 5.99. The van der Waals surface area contributed by atoms with Crippen molar-refractivity contribution in [3.8, 4) is 0 Å². The van der Waals surface area contributed by atoms with Crippen molar-refractivity contribution in [2.45, 2.75) is 189 Å². The fourth-order valence-electron chi connectivity index (χ4n) is 9.59. The van der Waals surface area contributed by atoms with Gasteiger partial charge < -0.3 is 9.80 Å². The van der Waals surface area contributed by atoms with Gasteiger partial charge in [0.15, 0.2) is 5.71 Å². The molecule has 0 aliphatic heterocycles. The Morgan fingerprint density at radius 3 is 1.70 bits per heavy atom. The molecule has 0 heterocycles. The third kappa shape index (κ3) is 14.3. The maximum absolute atomic E-state index is 4.88. The van der Waals surface area contributed by atoms with Gasteiger partial charge >= 0.3 is 0 Å². The summed E-state index contributed by atoms with van der Waals surface area (Å²) in [5.74, 6) is 0. The number of nitrogens with zero attached hydrogens (tertiary/aromatic N) is 3. The molecule has 3 heteroatoms. The average molecular weight is 777 g/mol. The standard InChI is InChI=1S/C54H86N3/c1-8-14-16-17-18-19-20-21-22-23-24-25-26-27-28-29-30-33-41-57(40-15-9-2)45(7)50-34-31-32-35-53(50)54-51-38-36-48(55(10-3)11-4)43-46(51)42-47-44-49(37-39-52(47)54)56(12-5)13-6/h31-32,34-36,38,43-44H,7-30,33,37,39-42H2,1-6H3/q+1. The molecule has 2 aromatic carbocycles. The first-order valence-corrected chi connectivity index (χ1v) is 24.5. The lowest BCUT2D eigenvalue weighted by atomic mass is 9.74. The Kier molecular flexibility index (Phi) is 21.9. The molecule has 0 fully saturated rings. The molecule has 57 heavy (non-hydrogen) atoms. The zero-order valence-corrected chi connectivity index (χ0v) is 38.2. The van der Waals surface area contributed by atoms with E-state index >= 15 is 0 Å². The van der Waals surface area contributed by atoms with E-state index in [1.165, 1.54) is 179 Å². The molecule has 3 nitrogen and oxygen atoms in total. The predicted molar refractivity (Wildman–Crippen MR) is 254 cm³/mol. The highest BCUT2D eigenvalue weighted by Crippen LogP contribution is 2.45. The molecular weight excluding hydrogens is 691 g/mol. The number of benzene rings is 2. The van der Waals surface area contributed by atoms with Gasteiger partial charge in [-0.2, -0.15) is 0 Å². The van der Waals surface area contributed by atoms with Gasteiger partial charge in [0.05, 0.1) is 0 Å². The van der Waals surface area contributed by atoms with Crippen LogP contribution in [0, 0.1) is 0 Å². The SMILES string of the molecule is C=C(c1ccccc1C1=C2CCC(=[N+](CC)CC)C=C2Cc2cc(N(CC)CC)ccc21)N(CCCC)CCCCCCCCCCCCCCCCCCCC. The molecule has 0 amide bonds. The summed E-state index contributed by atoms with van der Waals surface area (Å²) < 4.78 is 2.56. The Morgan fingerprint density at radius 2 is 1.14 bits per heavy atom. The molecule has 0 spiro atoms. The minimum absolute atomic E-state index is 1.01. The molecular formula is C54H86N3+. The molecule has 2 aliphatic rings. The Bertz CT molecular complexity index is 1560. The number of unbranched alkanes of at least 4 members (excludes halogenated alkanes) is 18. The largest absolute Gasteiger partial charge is 0.372 e. The van der Waals surface area contributed by atoms with Gasteiger partial charge in [-0.1, -0.05) is 166 Å². The van der Waals surface area contributed by atoms with Crippen LogP contribution in [0.3, 0.4) is 0 Å². The molecule has 0 saturated carbocycles. The summed E-state index contributed by atoms with van der Waals surface area (Å²) in [5, 5.41) is 0. The van der Waals surface area contributed by atoms with E-state index in [1.807, 2.05) is 0 Å². The first kappa shape index (κ1) is 46.6. The summed E-state index contributed by atoms with van der Waals surface area (Å²) >= 11 is 0. The molecule has 0 unspecified atom stereocenters. The molecule has 0 saturated heterocycles. The molecule has 2 aromatic rings. The maximum atomic E-state index is 4.88. The van der Waals surface area contributed by atoms with Gasteiger partial charge in [0, 0.05) is 55.6 Å². The van der Waals surface area contributed by atoms with Crippen LogP contribution in [0.4, 0.5) is 5.69 Å². The van der Waals surface area contributed by atoms with Crippen LogP contribution in [0.5, 0.6) is 0 Å². The Labute approximate surface area is 352 Å². The van der Waals surface area contributed by atoms with Crippen LogP contribution in [0.25, 0.3) is 11.3 Å². The van der Waals surface area contributed by atoms with Crippen LogP contribution in [0.2, 0.25) is 0 Å². The summed E-state index contributed by atoms with van der Waals surface area (Å²) in [6.07, 6.45) is 33.7. The molecule has 4 rings (SSSR count). The van der Waals surface area contributed by atoms with Crippen LogP contribution < -0.4 is 4.90 Å². The van der Waals surface area contributed by atoms with E-state index in [1.54, 1.807) is 5.57 Å². The van der Waals surface area contributed by atoms with Gasteiger partial charge in [-0.25, -0.2) is 4.58 Å². The van der Waals surface area contributed by atoms with Crippen molar-refractivity contribution >= 4 is 22.7 Å². The first-order chi connectivity index (χ1) is 28.0. The summed E-state index contributed by atoms with van der Waals surface area (Å²) in [4.78, 5) is 5.13. The zero-order chi connectivity index (χ0) is 40.7. The van der Waals surface area contributed by atoms with E-state index in [2.05, 4.69) is 104 Å². The second-order valence-electron chi connectivity index (χ2n) is 17.2. The number of hydrogen-bond acceptors (Lipinski definition) is 2. The lowest BCUT2D eigenvalue weighted by molar-refractivity contribution is -0.521. The van der Waals surface area contributed by atoms with Crippen LogP contribution >= 0.6 is 0 Å². The topological polar surface area (TPSA) is 9.49 Å². The lowest BCUT2D eigenvalue weighted by Gasteiger charge is -2.33. The Balaban J connectivity index is 1.38. The van der Waals surface area contributed by atoms with Crippen molar-refractivity contribution in [3.05, 3.63) is 88.5 Å². The normalized spacial score (nSPS) is 13.7. The third-order valence-corrected chi connectivity index (χ3v) is 13.2. The third-order valence-electron chi connectivity index (χ3n) is 13.2. The Hall–Kier alpha value is -3.07. The smallest absolute Gasteiger partial charge is 0.176 e. The minimum atomic E-state index is 1.01. The van der Waals surface area contributed by atoms with E-state index in [0.717, 1.165) is 58.5 Å². The van der Waals surface area contributed by atoms with Gasteiger partial charge in [-0.15, -0.1) is 0 Å². The van der Waals surface area contributed by atoms with E-state index in [4.69, 9.17) is 6.58 Å². The van der Waals surface area contributed by atoms with Crippen molar-refractivity contribution in [1.29, 1.82) is 0 Å². The minimum Gasteiger partial charge on any atom is -0.372 e. The van der Waals surface area contributed by atoms with Crippen molar-refractivity contribution in [2.24, 2.45) is 0 Å². The monoisotopic (exact) mass is 777 g/mol. The average Bonchev–Trinajstić information content (AvgIpc) is 3.24.